The van der Waals surface area contributed by atoms with Crippen LogP contribution in [0, 0.1) is 0 Å². The van der Waals surface area contributed by atoms with Gasteiger partial charge in [0.25, 0.3) is 0 Å². The van der Waals surface area contributed by atoms with E-state index in [2.05, 4.69) is 33.7 Å². The molecule has 6 N–H and O–H groups in total. The Bertz CT molecular complexity index is 1330. The summed E-state index contributed by atoms with van der Waals surface area (Å²) < 4.78 is 41.5. The number of nitrogens with zero attached hydrogens (tertiary/aromatic N) is 6. The molecular weight excluding hydrogens is 877 g/mol. The molecule has 10 unspecified atom stereocenters. The van der Waals surface area contributed by atoms with Gasteiger partial charge < -0.3 is 87.6 Å². The van der Waals surface area contributed by atoms with E-state index in [1.807, 2.05) is 0 Å². The van der Waals surface area contributed by atoms with Crippen LogP contribution in [-0.4, -0.2) is 305 Å². The molecular formula is C50H98N6O12+2. The van der Waals surface area contributed by atoms with Gasteiger partial charge in [-0.2, -0.15) is 0 Å². The number of likely N-dealkylation sites (tertiary alicyclic amines) is 6. The first kappa shape index (κ1) is 56.6. The fraction of sp³-hybridized carbons (Fsp3) is 1.00. The number of quaternary nitrogens is 2. The Balaban J connectivity index is 1.28. The molecule has 0 amide bonds. The molecule has 18 heteroatoms. The number of hydrogen-bond donors (Lipinski definition) is 6. The minimum atomic E-state index is -0.995. The predicted octanol–water partition coefficient (Wildman–Crippen LogP) is -0.410. The van der Waals surface area contributed by atoms with Gasteiger partial charge in [-0.05, 0) is 104 Å². The van der Waals surface area contributed by atoms with E-state index in [1.165, 1.54) is 0 Å². The van der Waals surface area contributed by atoms with Gasteiger partial charge in [0.1, 0.15) is 49.7 Å². The normalized spacial score (nSPS) is 26.3. The third kappa shape index (κ3) is 20.3. The number of rotatable bonds is 35. The molecule has 6 heterocycles. The van der Waals surface area contributed by atoms with Crippen molar-refractivity contribution < 1.29 is 68.0 Å². The van der Waals surface area contributed by atoms with Gasteiger partial charge in [0.2, 0.25) is 0 Å². The van der Waals surface area contributed by atoms with E-state index in [1.54, 1.807) is 0 Å². The van der Waals surface area contributed by atoms with Gasteiger partial charge in [-0.1, -0.05) is 0 Å². The smallest absolute Gasteiger partial charge is 0.126 e. The summed E-state index contributed by atoms with van der Waals surface area (Å²) in [6.07, 6.45) is 4.75. The van der Waals surface area contributed by atoms with E-state index < -0.39 is 61.0 Å². The summed E-state index contributed by atoms with van der Waals surface area (Å²) in [5.74, 6) is 0. The van der Waals surface area contributed by atoms with Crippen molar-refractivity contribution in [2.75, 3.05) is 185 Å². The molecule has 0 saturated carbocycles. The average Bonchev–Trinajstić information content (AvgIpc) is 4.16. The number of likely N-dealkylation sites (N-methyl/N-ethyl adjacent to an activating group) is 2. The average molecular weight is 975 g/mol. The minimum absolute atomic E-state index is 0.0150. The Labute approximate surface area is 409 Å². The first-order chi connectivity index (χ1) is 32.8. The fourth-order valence-electron chi connectivity index (χ4n) is 11.8. The van der Waals surface area contributed by atoms with Gasteiger partial charge in [-0.25, -0.2) is 0 Å². The largest absolute Gasteiger partial charge is 0.389 e. The van der Waals surface area contributed by atoms with Crippen molar-refractivity contribution in [2.24, 2.45) is 0 Å². The summed E-state index contributed by atoms with van der Waals surface area (Å²) in [7, 11) is 4.35. The lowest BCUT2D eigenvalue weighted by Gasteiger charge is -2.39. The zero-order valence-electron chi connectivity index (χ0n) is 42.5. The SMILES string of the molecule is C[N+]1(CC(O)COC(COCC(O)CN2CCCC2)C(OCC(O)CN2CCCC2)C(OCC(O)C[N+]2(C)CCCC2)C(COCC(O)CN2CCCC2)OCC(O)CN2CCCC2)CCCC1. The topological polar surface area (TPSA) is 190 Å². The molecule has 0 aromatic rings. The molecule has 0 radical (unpaired) electrons. The molecule has 68 heavy (non-hydrogen) atoms. The lowest BCUT2D eigenvalue weighted by Crippen LogP contribution is -2.56. The summed E-state index contributed by atoms with van der Waals surface area (Å²) >= 11 is 0. The fourth-order valence-corrected chi connectivity index (χ4v) is 11.8. The van der Waals surface area contributed by atoms with Gasteiger partial charge in [-0.3, -0.25) is 0 Å². The maximum absolute atomic E-state index is 11.7. The molecule has 0 aliphatic carbocycles. The van der Waals surface area contributed by atoms with Gasteiger partial charge in [0.15, 0.2) is 0 Å². The summed E-state index contributed by atoms with van der Waals surface area (Å²) in [6.45, 7) is 14.2. The zero-order chi connectivity index (χ0) is 48.2. The Morgan fingerprint density at radius 1 is 0.338 bits per heavy atom. The van der Waals surface area contributed by atoms with Crippen molar-refractivity contribution in [2.45, 2.75) is 138 Å². The van der Waals surface area contributed by atoms with Crippen molar-refractivity contribution in [1.29, 1.82) is 0 Å². The molecule has 0 aromatic heterocycles. The molecule has 398 valence electrons. The van der Waals surface area contributed by atoms with Crippen molar-refractivity contribution >= 4 is 0 Å². The summed E-state index contributed by atoms with van der Waals surface area (Å²) in [6, 6.07) is 0. The molecule has 6 saturated heterocycles. The highest BCUT2D eigenvalue weighted by atomic mass is 16.6. The highest BCUT2D eigenvalue weighted by molar-refractivity contribution is 4.89. The second kappa shape index (κ2) is 29.8. The minimum Gasteiger partial charge on any atom is -0.389 e. The van der Waals surface area contributed by atoms with E-state index in [4.69, 9.17) is 28.4 Å². The Morgan fingerprint density at radius 3 is 0.926 bits per heavy atom. The second-order valence-electron chi connectivity index (χ2n) is 22.3. The summed E-state index contributed by atoms with van der Waals surface area (Å²) in [5, 5.41) is 68.6. The Morgan fingerprint density at radius 2 is 0.603 bits per heavy atom. The van der Waals surface area contributed by atoms with Crippen LogP contribution in [0.2, 0.25) is 0 Å². The van der Waals surface area contributed by atoms with Crippen LogP contribution >= 0.6 is 0 Å². The standard InChI is InChI=1S/C50H98N6O12/c1-55(23-11-12-24-55)31-45(61)37-66-48(40-64-34-42(58)28-52-17-5-6-18-52)49(67-36-44(60)30-54-21-9-10-22-54)50(68-38-46(62)32-56(2)25-13-14-26-56)47(65-35-43(59)29-53-19-7-8-20-53)39-63-33-41(57)27-51-15-3-4-16-51/h41-50,57-62H,3-40H2,1-2H3/q+2. The van der Waals surface area contributed by atoms with Crippen molar-refractivity contribution in [3.05, 3.63) is 0 Å². The van der Waals surface area contributed by atoms with Crippen LogP contribution in [0.15, 0.2) is 0 Å². The van der Waals surface area contributed by atoms with Crippen LogP contribution in [0.1, 0.15) is 77.0 Å². The third-order valence-corrected chi connectivity index (χ3v) is 15.5. The summed E-state index contributed by atoms with van der Waals surface area (Å²) in [4.78, 5) is 8.97. The molecule has 0 spiro atoms. The van der Waals surface area contributed by atoms with E-state index in [0.29, 0.717) is 39.3 Å². The second-order valence-corrected chi connectivity index (χ2v) is 22.3. The van der Waals surface area contributed by atoms with Crippen molar-refractivity contribution in [3.63, 3.8) is 0 Å². The molecule has 6 rings (SSSR count). The van der Waals surface area contributed by atoms with E-state index in [0.717, 1.165) is 165 Å². The number of β-amino-alcohol motifs (C(OH)–C–C–N with tert-alkyl or cyclic N) is 4. The quantitative estimate of drug-likeness (QED) is 0.0450. The zero-order valence-corrected chi connectivity index (χ0v) is 42.5. The number of hydrogen-bond acceptors (Lipinski definition) is 16. The number of aliphatic hydroxyl groups is 6. The summed E-state index contributed by atoms with van der Waals surface area (Å²) in [5.41, 5.74) is 0. The molecule has 6 aliphatic rings. The van der Waals surface area contributed by atoms with Crippen LogP contribution in [0.5, 0.6) is 0 Å². The Kier molecular flexibility index (Phi) is 24.8. The highest BCUT2D eigenvalue weighted by Crippen LogP contribution is 2.25. The lowest BCUT2D eigenvalue weighted by atomic mass is 10.0. The van der Waals surface area contributed by atoms with Crippen molar-refractivity contribution in [1.82, 2.24) is 19.6 Å². The van der Waals surface area contributed by atoms with E-state index in [9.17, 15) is 30.6 Å². The van der Waals surface area contributed by atoms with Gasteiger partial charge in [-0.15, -0.1) is 0 Å². The monoisotopic (exact) mass is 975 g/mol. The van der Waals surface area contributed by atoms with Gasteiger partial charge in [0, 0.05) is 51.9 Å². The third-order valence-electron chi connectivity index (χ3n) is 15.5. The molecule has 0 bridgehead atoms. The highest BCUT2D eigenvalue weighted by Gasteiger charge is 2.42. The van der Waals surface area contributed by atoms with Crippen LogP contribution in [-0.2, 0) is 28.4 Å². The predicted molar refractivity (Wildman–Crippen MR) is 259 cm³/mol. The van der Waals surface area contributed by atoms with Crippen LogP contribution in [0.3, 0.4) is 0 Å². The molecule has 6 aliphatic heterocycles. The van der Waals surface area contributed by atoms with Crippen LogP contribution in [0.4, 0.5) is 0 Å². The molecule has 10 atom stereocenters. The van der Waals surface area contributed by atoms with Gasteiger partial charge >= 0.3 is 0 Å². The molecule has 18 nitrogen and oxygen atoms in total. The van der Waals surface area contributed by atoms with E-state index in [-0.39, 0.29) is 52.9 Å². The number of ether oxygens (including phenoxy) is 6. The molecule has 0 aromatic carbocycles. The van der Waals surface area contributed by atoms with Crippen LogP contribution in [0.25, 0.3) is 0 Å². The van der Waals surface area contributed by atoms with Crippen LogP contribution < -0.4 is 0 Å². The first-order valence-electron chi connectivity index (χ1n) is 27.1. The lowest BCUT2D eigenvalue weighted by molar-refractivity contribution is -0.900. The maximum Gasteiger partial charge on any atom is 0.126 e. The molecule has 6 fully saturated rings. The van der Waals surface area contributed by atoms with E-state index >= 15 is 0 Å². The number of aliphatic hydroxyl groups excluding tert-OH is 6. The first-order valence-corrected chi connectivity index (χ1v) is 27.1. The van der Waals surface area contributed by atoms with Crippen molar-refractivity contribution in [3.8, 4) is 0 Å². The maximum atomic E-state index is 11.7. The van der Waals surface area contributed by atoms with Gasteiger partial charge in [0.05, 0.1) is 118 Å². The Hall–Kier alpha value is -0.720.